The molecular weight excluding hydrogens is 848 g/mol. The van der Waals surface area contributed by atoms with E-state index in [0.717, 1.165) is 49.0 Å². The number of thiophene rings is 1. The zero-order valence-corrected chi connectivity index (χ0v) is 33.0. The van der Waals surface area contributed by atoms with E-state index < -0.39 is 20.1 Å². The Morgan fingerprint density at radius 3 is 2.31 bits per heavy atom. The van der Waals surface area contributed by atoms with Gasteiger partial charge in [-0.3, -0.25) is 0 Å². The van der Waals surface area contributed by atoms with E-state index in [1.54, 1.807) is 28.8 Å². The molecule has 7 aromatic rings. The standard InChI is InChI=1S/C24H15FNS.C18H24GeN.Ir/c1-15-12-22(26-14-21(15)16-6-3-2-4-7-16)19-9-5-8-18-20-13-17(25)10-11-23(20)27-24(18)19;1-14(2)11-16-12-18(15-9-7-6-8-10-15)20-13-17(16)19(3,4)5;/h2-8,10-14H,1H3;6-9,12-14H,11H2,1-5H3;/q2*-1;/i1D3;;. The van der Waals surface area contributed by atoms with Crippen molar-refractivity contribution in [2.45, 2.75) is 44.4 Å². The fourth-order valence-electron chi connectivity index (χ4n) is 5.83. The topological polar surface area (TPSA) is 25.8 Å². The van der Waals surface area contributed by atoms with E-state index >= 15 is 0 Å². The van der Waals surface area contributed by atoms with E-state index in [1.807, 2.05) is 54.6 Å². The molecular formula is C42H39FGeIrN2S-2. The molecule has 2 nitrogen and oxygen atoms in total. The summed E-state index contributed by atoms with van der Waals surface area (Å²) < 4.78 is 41.3. The van der Waals surface area contributed by atoms with Gasteiger partial charge in [0.05, 0.1) is 0 Å². The number of aromatic nitrogens is 2. The molecule has 4 aromatic carbocycles. The van der Waals surface area contributed by atoms with Crippen molar-refractivity contribution >= 4 is 49.2 Å². The van der Waals surface area contributed by atoms with Crippen molar-refractivity contribution in [2.24, 2.45) is 5.92 Å². The van der Waals surface area contributed by atoms with Crippen LogP contribution >= 0.6 is 11.3 Å². The second-order valence-corrected chi connectivity index (χ2v) is 24.8. The predicted octanol–water partition coefficient (Wildman–Crippen LogP) is 11.3. The Hall–Kier alpha value is -3.48. The molecule has 48 heavy (non-hydrogen) atoms. The number of fused-ring (bicyclic) bond motifs is 3. The molecule has 0 saturated carbocycles. The Bertz CT molecular complexity index is 2270. The number of aryl methyl sites for hydroxylation is 1. The van der Waals surface area contributed by atoms with Gasteiger partial charge in [-0.25, -0.2) is 4.39 Å². The summed E-state index contributed by atoms with van der Waals surface area (Å²) in [5, 5.41) is 1.75. The van der Waals surface area contributed by atoms with Crippen LogP contribution in [0.4, 0.5) is 4.39 Å². The largest absolute Gasteiger partial charge is 0.304 e. The van der Waals surface area contributed by atoms with Crippen LogP contribution in [0.25, 0.3) is 53.8 Å². The van der Waals surface area contributed by atoms with E-state index in [1.165, 1.54) is 29.0 Å². The fraction of sp³-hybridized carbons (Fsp3) is 0.190. The summed E-state index contributed by atoms with van der Waals surface area (Å²) >= 11 is -0.331. The van der Waals surface area contributed by atoms with Crippen molar-refractivity contribution in [1.29, 1.82) is 0 Å². The molecule has 3 heterocycles. The maximum atomic E-state index is 13.8. The van der Waals surface area contributed by atoms with Gasteiger partial charge in [-0.15, -0.1) is 23.8 Å². The van der Waals surface area contributed by atoms with Crippen molar-refractivity contribution in [3.63, 3.8) is 0 Å². The van der Waals surface area contributed by atoms with Gasteiger partial charge in [0.1, 0.15) is 5.82 Å². The number of hydrogen-bond acceptors (Lipinski definition) is 3. The Labute approximate surface area is 308 Å². The van der Waals surface area contributed by atoms with Crippen LogP contribution in [0, 0.1) is 30.7 Å². The summed E-state index contributed by atoms with van der Waals surface area (Å²) in [7, 11) is 0. The first kappa shape index (κ1) is 31.8. The summed E-state index contributed by atoms with van der Waals surface area (Å²) in [6, 6.07) is 36.3. The molecule has 6 heteroatoms. The van der Waals surface area contributed by atoms with Crippen LogP contribution in [0.3, 0.4) is 0 Å². The van der Waals surface area contributed by atoms with Crippen LogP contribution in [0.2, 0.25) is 17.3 Å². The molecule has 0 amide bonds. The molecule has 245 valence electrons. The molecule has 0 aliphatic rings. The van der Waals surface area contributed by atoms with Gasteiger partial charge in [-0.05, 0) is 52.0 Å². The van der Waals surface area contributed by atoms with E-state index in [-0.39, 0.29) is 31.5 Å². The van der Waals surface area contributed by atoms with Crippen LogP contribution in [0.15, 0.2) is 109 Å². The summed E-state index contributed by atoms with van der Waals surface area (Å²) in [5.74, 6) is 7.71. The Kier molecular flexibility index (Phi) is 10.2. The first-order valence-corrected chi connectivity index (χ1v) is 24.0. The molecule has 0 spiro atoms. The third kappa shape index (κ3) is 8.03. The van der Waals surface area contributed by atoms with Crippen LogP contribution in [-0.4, -0.2) is 23.2 Å². The molecule has 0 saturated heterocycles. The van der Waals surface area contributed by atoms with Gasteiger partial charge in [-0.2, -0.15) is 11.3 Å². The van der Waals surface area contributed by atoms with Gasteiger partial charge in [0, 0.05) is 40.7 Å². The molecule has 1 radical (unpaired) electrons. The second-order valence-electron chi connectivity index (χ2n) is 13.2. The van der Waals surface area contributed by atoms with Gasteiger partial charge in [0.25, 0.3) is 0 Å². The van der Waals surface area contributed by atoms with E-state index in [0.29, 0.717) is 17.2 Å². The predicted molar refractivity (Wildman–Crippen MR) is 202 cm³/mol. The van der Waals surface area contributed by atoms with Crippen LogP contribution in [0.1, 0.15) is 29.1 Å². The molecule has 0 aliphatic heterocycles. The maximum absolute atomic E-state index is 13.8. The van der Waals surface area contributed by atoms with E-state index in [9.17, 15) is 4.39 Å². The Balaban J connectivity index is 0.000000211. The van der Waals surface area contributed by atoms with Gasteiger partial charge in [0.2, 0.25) is 0 Å². The zero-order chi connectivity index (χ0) is 35.6. The third-order valence-electron chi connectivity index (χ3n) is 8.05. The molecule has 0 bridgehead atoms. The van der Waals surface area contributed by atoms with Crippen LogP contribution in [0.5, 0.6) is 0 Å². The first-order chi connectivity index (χ1) is 23.8. The van der Waals surface area contributed by atoms with Crippen molar-refractivity contribution in [3.8, 4) is 33.6 Å². The summed E-state index contributed by atoms with van der Waals surface area (Å²) in [6.45, 7) is 2.28. The molecule has 0 unspecified atom stereocenters. The van der Waals surface area contributed by atoms with Gasteiger partial charge < -0.3 is 4.98 Å². The Morgan fingerprint density at radius 2 is 1.60 bits per heavy atom. The average Bonchev–Trinajstić information content (AvgIpc) is 3.46. The molecule has 0 aliphatic carbocycles. The van der Waals surface area contributed by atoms with Crippen LogP contribution < -0.4 is 4.40 Å². The molecule has 0 atom stereocenters. The molecule has 7 rings (SSSR count). The number of benzene rings is 4. The minimum atomic E-state index is -2.29. The minimum absolute atomic E-state index is 0. The van der Waals surface area contributed by atoms with Crippen molar-refractivity contribution in [2.75, 3.05) is 0 Å². The summed E-state index contributed by atoms with van der Waals surface area (Å²) in [6.07, 6.45) is 4.89. The monoisotopic (exact) mass is 892 g/mol. The van der Waals surface area contributed by atoms with Crippen molar-refractivity contribution < 1.29 is 28.6 Å². The fourth-order valence-corrected chi connectivity index (χ4v) is 10.3. The van der Waals surface area contributed by atoms with Crippen molar-refractivity contribution in [1.82, 2.24) is 9.97 Å². The van der Waals surface area contributed by atoms with Crippen LogP contribution in [-0.2, 0) is 26.5 Å². The molecule has 3 aromatic heterocycles. The Morgan fingerprint density at radius 1 is 0.833 bits per heavy atom. The minimum Gasteiger partial charge on any atom is -0.304 e. The molecule has 0 fully saturated rings. The number of nitrogens with zero attached hydrogens (tertiary/aromatic N) is 2. The number of hydrogen-bond donors (Lipinski definition) is 0. The number of rotatable bonds is 6. The van der Waals surface area contributed by atoms with Gasteiger partial charge in [-0.1, -0.05) is 41.8 Å². The summed E-state index contributed by atoms with van der Waals surface area (Å²) in [5.41, 5.74) is 6.54. The maximum Gasteiger partial charge on any atom is 0.123 e. The normalized spacial score (nSPS) is 12.5. The van der Waals surface area contributed by atoms with E-state index in [2.05, 4.69) is 66.6 Å². The smallest absolute Gasteiger partial charge is 0.123 e. The number of halogens is 1. The second kappa shape index (κ2) is 15.4. The molecule has 0 N–H and O–H groups in total. The van der Waals surface area contributed by atoms with Gasteiger partial charge in [0.15, 0.2) is 0 Å². The SMILES string of the molecule is CC(C)Cc1cc(-c2[c-]cccc2)nc[c]1[Ge]([CH3])([CH3])[CH3].[2H]C([2H])([2H])c1cc(-c2[c-]ccc3c2sc2ccc(F)cc23)ncc1-c1ccccc1.[Ir]. The quantitative estimate of drug-likeness (QED) is 0.123. The average molecular weight is 891 g/mol. The van der Waals surface area contributed by atoms with Crippen molar-refractivity contribution in [3.05, 3.63) is 139 Å². The van der Waals surface area contributed by atoms with E-state index in [4.69, 9.17) is 9.10 Å². The third-order valence-corrected chi connectivity index (χ3v) is 13.6. The summed E-state index contributed by atoms with van der Waals surface area (Å²) in [4.78, 5) is 9.29. The first-order valence-electron chi connectivity index (χ1n) is 17.3. The zero-order valence-electron chi connectivity index (χ0n) is 30.7. The number of pyridine rings is 2. The van der Waals surface area contributed by atoms with Gasteiger partial charge >= 0.3 is 126 Å².